The minimum atomic E-state index is -4.84. The predicted octanol–water partition coefficient (Wildman–Crippen LogP) is 1.23. The van der Waals surface area contributed by atoms with Crippen molar-refractivity contribution in [2.24, 2.45) is 17.6 Å². The summed E-state index contributed by atoms with van der Waals surface area (Å²) in [5, 5.41) is 0. The van der Waals surface area contributed by atoms with E-state index in [0.717, 1.165) is 24.3 Å². The van der Waals surface area contributed by atoms with E-state index in [4.69, 9.17) is 5.73 Å². The molecule has 2 N–H and O–H groups in total. The number of fused-ring (bicyclic) bond motifs is 1. The van der Waals surface area contributed by atoms with Gasteiger partial charge in [-0.2, -0.15) is 4.31 Å². The van der Waals surface area contributed by atoms with Crippen LogP contribution < -0.4 is 15.4 Å². The highest BCUT2D eigenvalue weighted by atomic mass is 32.2. The second kappa shape index (κ2) is 7.64. The number of alkyl halides is 3. The van der Waals surface area contributed by atoms with Gasteiger partial charge in [0, 0.05) is 38.6 Å². The lowest BCUT2D eigenvalue weighted by molar-refractivity contribution is -0.274. The first kappa shape index (κ1) is 21.3. The van der Waals surface area contributed by atoms with Crippen LogP contribution in [0.15, 0.2) is 41.6 Å². The first-order valence-corrected chi connectivity index (χ1v) is 10.7. The van der Waals surface area contributed by atoms with E-state index in [1.54, 1.807) is 0 Å². The van der Waals surface area contributed by atoms with Gasteiger partial charge in [-0.1, -0.05) is 0 Å². The van der Waals surface area contributed by atoms with Crippen molar-refractivity contribution in [2.45, 2.75) is 11.3 Å². The van der Waals surface area contributed by atoms with Gasteiger partial charge in [-0.05, 0) is 36.1 Å². The number of sulfonamides is 1. The summed E-state index contributed by atoms with van der Waals surface area (Å²) in [7, 11) is -3.84. The fraction of sp³-hybridized carbons (Fsp3) is 0.389. The molecule has 3 heterocycles. The molecule has 0 bridgehead atoms. The Morgan fingerprint density at radius 2 is 1.58 bits per heavy atom. The Hall–Kier alpha value is -2.93. The fourth-order valence-corrected chi connectivity index (χ4v) is 5.44. The molecule has 1 aromatic heterocycles. The maximum atomic E-state index is 12.9. The maximum absolute atomic E-state index is 12.9. The van der Waals surface area contributed by atoms with Crippen molar-refractivity contribution < 1.29 is 31.1 Å². The van der Waals surface area contributed by atoms with Crippen molar-refractivity contribution >= 4 is 21.9 Å². The van der Waals surface area contributed by atoms with Crippen molar-refractivity contribution in [1.82, 2.24) is 14.3 Å². The minimum absolute atomic E-state index is 0.0574. The molecule has 2 aliphatic rings. The van der Waals surface area contributed by atoms with E-state index in [9.17, 15) is 26.4 Å². The Bertz CT molecular complexity index is 1060. The van der Waals surface area contributed by atoms with Gasteiger partial charge in [-0.25, -0.2) is 18.4 Å². The molecule has 2 fully saturated rings. The van der Waals surface area contributed by atoms with Crippen LogP contribution in [0.4, 0.5) is 19.1 Å². The van der Waals surface area contributed by atoms with E-state index >= 15 is 0 Å². The number of aromatic nitrogens is 2. The summed E-state index contributed by atoms with van der Waals surface area (Å²) < 4.78 is 67.8. The number of nitrogens with zero attached hydrogens (tertiary/aromatic N) is 4. The van der Waals surface area contributed by atoms with Crippen LogP contribution in [0, 0.1) is 11.8 Å². The lowest BCUT2D eigenvalue weighted by atomic mass is 10.0. The van der Waals surface area contributed by atoms with Crippen LogP contribution in [0.3, 0.4) is 0 Å². The second-order valence-electron chi connectivity index (χ2n) is 7.40. The molecule has 166 valence electrons. The number of primary amides is 1. The monoisotopic (exact) mass is 457 g/mol. The maximum Gasteiger partial charge on any atom is 0.573 e. The number of benzene rings is 1. The Morgan fingerprint density at radius 3 is 2.06 bits per heavy atom. The summed E-state index contributed by atoms with van der Waals surface area (Å²) in [5.74, 6) is -0.551. The number of rotatable bonds is 5. The zero-order valence-electron chi connectivity index (χ0n) is 16.0. The molecule has 2 saturated heterocycles. The van der Waals surface area contributed by atoms with Gasteiger partial charge in [0.05, 0.1) is 10.5 Å². The number of ether oxygens (including phenoxy) is 1. The number of anilines is 1. The number of halogens is 3. The third kappa shape index (κ3) is 4.42. The first-order chi connectivity index (χ1) is 14.5. The van der Waals surface area contributed by atoms with Gasteiger partial charge >= 0.3 is 6.36 Å². The van der Waals surface area contributed by atoms with Crippen molar-refractivity contribution in [3.63, 3.8) is 0 Å². The quantitative estimate of drug-likeness (QED) is 0.717. The van der Waals surface area contributed by atoms with E-state index in [0.29, 0.717) is 19.0 Å². The van der Waals surface area contributed by atoms with E-state index in [1.807, 2.05) is 4.90 Å². The summed E-state index contributed by atoms with van der Waals surface area (Å²) in [6.07, 6.45) is -2.15. The van der Waals surface area contributed by atoms with Crippen molar-refractivity contribution in [3.05, 3.63) is 42.2 Å². The van der Waals surface area contributed by atoms with Crippen LogP contribution in [-0.4, -0.2) is 61.1 Å². The second-order valence-corrected chi connectivity index (χ2v) is 9.34. The molecular formula is C18H18F3N5O4S. The van der Waals surface area contributed by atoms with Crippen molar-refractivity contribution in [3.8, 4) is 5.75 Å². The molecule has 13 heteroatoms. The molecule has 1 amide bonds. The molecule has 31 heavy (non-hydrogen) atoms. The largest absolute Gasteiger partial charge is 0.573 e. The predicted molar refractivity (Wildman–Crippen MR) is 102 cm³/mol. The van der Waals surface area contributed by atoms with Gasteiger partial charge in [-0.3, -0.25) is 4.79 Å². The van der Waals surface area contributed by atoms with Crippen LogP contribution in [0.25, 0.3) is 0 Å². The molecule has 2 atom stereocenters. The van der Waals surface area contributed by atoms with Crippen LogP contribution in [-0.2, 0) is 10.0 Å². The lowest BCUT2D eigenvalue weighted by Gasteiger charge is -2.21. The van der Waals surface area contributed by atoms with Gasteiger partial charge in [0.2, 0.25) is 16.0 Å². The zero-order chi connectivity index (χ0) is 22.4. The van der Waals surface area contributed by atoms with E-state index < -0.39 is 28.0 Å². The van der Waals surface area contributed by atoms with Gasteiger partial charge < -0.3 is 15.4 Å². The summed E-state index contributed by atoms with van der Waals surface area (Å²) in [4.78, 5) is 21.3. The van der Waals surface area contributed by atoms with Gasteiger partial charge in [-0.15, -0.1) is 13.2 Å². The molecule has 0 spiro atoms. The molecule has 2 aromatic rings. The van der Waals surface area contributed by atoms with Crippen LogP contribution >= 0.6 is 0 Å². The highest BCUT2D eigenvalue weighted by molar-refractivity contribution is 7.89. The number of hydrogen-bond donors (Lipinski definition) is 1. The average molecular weight is 457 g/mol. The molecule has 1 aromatic carbocycles. The molecular weight excluding hydrogens is 439 g/mol. The minimum Gasteiger partial charge on any atom is -0.406 e. The number of hydrogen-bond acceptors (Lipinski definition) is 7. The SMILES string of the molecule is NC(=O)c1cnc(N2CC3CN(S(=O)(=O)c4ccc(OC(F)(F)F)cc4)CC3C2)nc1. The molecule has 2 aliphatic heterocycles. The average Bonchev–Trinajstić information content (AvgIpc) is 3.27. The highest BCUT2D eigenvalue weighted by Gasteiger charge is 2.45. The number of amides is 1. The Morgan fingerprint density at radius 1 is 1.03 bits per heavy atom. The fourth-order valence-electron chi connectivity index (χ4n) is 3.88. The standard InChI is InChI=1S/C18H18F3N5O4S/c19-18(20,21)30-14-1-3-15(4-2-14)31(28,29)26-9-12-7-25(8-13(12)10-26)17-23-5-11(6-24-17)16(22)27/h1-6,12-13H,7-10H2,(H2,22,27). The Labute approximate surface area is 175 Å². The van der Waals surface area contributed by atoms with Crippen LogP contribution in [0.1, 0.15) is 10.4 Å². The Balaban J connectivity index is 1.41. The van der Waals surface area contributed by atoms with Crippen LogP contribution in [0.5, 0.6) is 5.75 Å². The number of carbonyl (C=O) groups is 1. The summed E-state index contributed by atoms with van der Waals surface area (Å²) in [5.41, 5.74) is 5.38. The lowest BCUT2D eigenvalue weighted by Crippen LogP contribution is -2.33. The molecule has 0 radical (unpaired) electrons. The molecule has 0 saturated carbocycles. The Kier molecular flexibility index (Phi) is 5.25. The highest BCUT2D eigenvalue weighted by Crippen LogP contribution is 2.35. The normalized spacial score (nSPS) is 21.8. The topological polar surface area (TPSA) is 119 Å². The van der Waals surface area contributed by atoms with Crippen molar-refractivity contribution in [2.75, 3.05) is 31.1 Å². The summed E-state index contributed by atoms with van der Waals surface area (Å²) in [6.45, 7) is 1.66. The first-order valence-electron chi connectivity index (χ1n) is 9.26. The van der Waals surface area contributed by atoms with E-state index in [2.05, 4.69) is 14.7 Å². The molecule has 4 rings (SSSR count). The third-order valence-electron chi connectivity index (χ3n) is 5.35. The molecule has 9 nitrogen and oxygen atoms in total. The molecule has 0 aliphatic carbocycles. The summed E-state index contributed by atoms with van der Waals surface area (Å²) >= 11 is 0. The smallest absolute Gasteiger partial charge is 0.406 e. The van der Waals surface area contributed by atoms with E-state index in [1.165, 1.54) is 16.7 Å². The third-order valence-corrected chi connectivity index (χ3v) is 7.20. The van der Waals surface area contributed by atoms with Crippen LogP contribution in [0.2, 0.25) is 0 Å². The molecule has 2 unspecified atom stereocenters. The van der Waals surface area contributed by atoms with Gasteiger partial charge in [0.25, 0.3) is 5.91 Å². The number of carbonyl (C=O) groups excluding carboxylic acids is 1. The zero-order valence-corrected chi connectivity index (χ0v) is 16.8. The van der Waals surface area contributed by atoms with Gasteiger partial charge in [0.1, 0.15) is 5.75 Å². The van der Waals surface area contributed by atoms with Crippen molar-refractivity contribution in [1.29, 1.82) is 0 Å². The van der Waals surface area contributed by atoms with E-state index in [-0.39, 0.29) is 35.4 Å². The number of nitrogens with two attached hydrogens (primary N) is 1. The van der Waals surface area contributed by atoms with Gasteiger partial charge in [0.15, 0.2) is 0 Å². The summed E-state index contributed by atoms with van der Waals surface area (Å²) in [6, 6.07) is 4.16.